The molecule has 0 atom stereocenters. The molecule has 0 fully saturated rings. The third-order valence-corrected chi connectivity index (χ3v) is 9.75. The third-order valence-electron chi connectivity index (χ3n) is 6.28. The van der Waals surface area contributed by atoms with Crippen LogP contribution in [0.1, 0.15) is 24.0 Å². The standard InChI is InChI=1S/C31H30N2O6S2/c34-30(19-21-40(36,37)28-7-3-1-4-8-28)32-26-15-11-24(12-16-26)23-25-13-17-27(18-14-25)33-31(35)20-22-41(38,39)29-9-5-2-6-10-29/h1-18H,19-23H2,(H,32,34)(H,33,35). The van der Waals surface area contributed by atoms with Crippen LogP contribution in [0.5, 0.6) is 0 Å². The van der Waals surface area contributed by atoms with E-state index in [0.717, 1.165) is 11.1 Å². The van der Waals surface area contributed by atoms with E-state index < -0.39 is 19.7 Å². The number of carbonyl (C=O) groups is 2. The summed E-state index contributed by atoms with van der Waals surface area (Å²) >= 11 is 0. The van der Waals surface area contributed by atoms with Gasteiger partial charge < -0.3 is 10.6 Å². The van der Waals surface area contributed by atoms with Crippen molar-refractivity contribution >= 4 is 42.9 Å². The van der Waals surface area contributed by atoms with Gasteiger partial charge >= 0.3 is 0 Å². The van der Waals surface area contributed by atoms with Crippen LogP contribution in [0.15, 0.2) is 119 Å². The molecule has 41 heavy (non-hydrogen) atoms. The summed E-state index contributed by atoms with van der Waals surface area (Å²) in [5.74, 6) is -1.31. The highest BCUT2D eigenvalue weighted by Gasteiger charge is 2.17. The Balaban J connectivity index is 1.23. The van der Waals surface area contributed by atoms with Gasteiger partial charge in [-0.3, -0.25) is 9.59 Å². The molecule has 0 saturated carbocycles. The lowest BCUT2D eigenvalue weighted by Gasteiger charge is -2.09. The zero-order chi connectivity index (χ0) is 29.3. The second-order valence-electron chi connectivity index (χ2n) is 9.43. The fraction of sp³-hybridized carbons (Fsp3) is 0.161. The molecule has 0 aliphatic heterocycles. The topological polar surface area (TPSA) is 126 Å². The van der Waals surface area contributed by atoms with E-state index in [0.29, 0.717) is 17.8 Å². The van der Waals surface area contributed by atoms with Crippen molar-refractivity contribution in [3.8, 4) is 0 Å². The van der Waals surface area contributed by atoms with Gasteiger partial charge in [0, 0.05) is 24.2 Å². The molecule has 0 aromatic heterocycles. The molecule has 2 N–H and O–H groups in total. The molecule has 212 valence electrons. The highest BCUT2D eigenvalue weighted by Crippen LogP contribution is 2.18. The van der Waals surface area contributed by atoms with Gasteiger partial charge in [-0.05, 0) is 66.1 Å². The zero-order valence-electron chi connectivity index (χ0n) is 22.2. The molecule has 0 radical (unpaired) electrons. The van der Waals surface area contributed by atoms with Crippen LogP contribution in [0.4, 0.5) is 11.4 Å². The summed E-state index contributed by atoms with van der Waals surface area (Å²) in [5.41, 5.74) is 3.14. The summed E-state index contributed by atoms with van der Waals surface area (Å²) in [4.78, 5) is 25.0. The number of rotatable bonds is 12. The number of sulfone groups is 2. The average molecular weight is 591 g/mol. The predicted octanol–water partition coefficient (Wildman–Crippen LogP) is 4.88. The number of anilines is 2. The van der Waals surface area contributed by atoms with Gasteiger partial charge in [0.1, 0.15) is 0 Å². The van der Waals surface area contributed by atoms with Crippen LogP contribution in [0, 0.1) is 0 Å². The number of carbonyl (C=O) groups excluding carboxylic acids is 2. The van der Waals surface area contributed by atoms with Crippen LogP contribution in [0.2, 0.25) is 0 Å². The zero-order valence-corrected chi connectivity index (χ0v) is 23.8. The first-order valence-electron chi connectivity index (χ1n) is 12.9. The monoisotopic (exact) mass is 590 g/mol. The van der Waals surface area contributed by atoms with E-state index >= 15 is 0 Å². The first-order chi connectivity index (χ1) is 19.6. The minimum atomic E-state index is -3.53. The molecule has 0 heterocycles. The second kappa shape index (κ2) is 13.4. The molecule has 0 spiro atoms. The van der Waals surface area contributed by atoms with Crippen molar-refractivity contribution in [1.82, 2.24) is 0 Å². The van der Waals surface area contributed by atoms with E-state index in [4.69, 9.17) is 0 Å². The molecule has 0 bridgehead atoms. The van der Waals surface area contributed by atoms with Crippen molar-refractivity contribution in [2.45, 2.75) is 29.1 Å². The lowest BCUT2D eigenvalue weighted by molar-refractivity contribution is -0.116. The fourth-order valence-corrected chi connectivity index (χ4v) is 6.56. The molecule has 0 aliphatic rings. The largest absolute Gasteiger partial charge is 0.326 e. The van der Waals surface area contributed by atoms with Gasteiger partial charge in [0.15, 0.2) is 19.7 Å². The molecular weight excluding hydrogens is 560 g/mol. The Hall–Kier alpha value is -4.28. The molecule has 0 saturated heterocycles. The predicted molar refractivity (Wildman–Crippen MR) is 159 cm³/mol. The van der Waals surface area contributed by atoms with Crippen LogP contribution in [-0.2, 0) is 35.7 Å². The highest BCUT2D eigenvalue weighted by molar-refractivity contribution is 7.91. The van der Waals surface area contributed by atoms with Gasteiger partial charge in [-0.1, -0.05) is 60.7 Å². The summed E-state index contributed by atoms with van der Waals surface area (Å²) in [7, 11) is -7.05. The first-order valence-corrected chi connectivity index (χ1v) is 16.2. The Morgan fingerprint density at radius 2 is 0.829 bits per heavy atom. The average Bonchev–Trinajstić information content (AvgIpc) is 2.98. The quantitative estimate of drug-likeness (QED) is 0.242. The van der Waals surface area contributed by atoms with Crippen LogP contribution < -0.4 is 10.6 Å². The maximum Gasteiger partial charge on any atom is 0.225 e. The summed E-state index contributed by atoms with van der Waals surface area (Å²) in [6.07, 6.45) is 0.322. The van der Waals surface area contributed by atoms with Gasteiger partial charge in [-0.25, -0.2) is 16.8 Å². The number of nitrogens with one attached hydrogen (secondary N) is 2. The van der Waals surface area contributed by atoms with Crippen LogP contribution in [0.3, 0.4) is 0 Å². The summed E-state index contributed by atoms with van der Waals surface area (Å²) in [5, 5.41) is 5.46. The number of hydrogen-bond donors (Lipinski definition) is 2. The summed E-state index contributed by atoms with van der Waals surface area (Å²) < 4.78 is 49.5. The second-order valence-corrected chi connectivity index (χ2v) is 13.6. The third kappa shape index (κ3) is 8.86. The molecular formula is C31H30N2O6S2. The Kier molecular flexibility index (Phi) is 9.69. The van der Waals surface area contributed by atoms with Crippen molar-refractivity contribution in [1.29, 1.82) is 0 Å². The van der Waals surface area contributed by atoms with Crippen molar-refractivity contribution in [3.05, 3.63) is 120 Å². The SMILES string of the molecule is O=C(CCS(=O)(=O)c1ccccc1)Nc1ccc(Cc2ccc(NC(=O)CCS(=O)(=O)c3ccccc3)cc2)cc1. The summed E-state index contributed by atoms with van der Waals surface area (Å²) in [6, 6.07) is 30.6. The number of amides is 2. The molecule has 8 nitrogen and oxygen atoms in total. The van der Waals surface area contributed by atoms with Crippen LogP contribution in [-0.4, -0.2) is 40.2 Å². The molecule has 4 aromatic rings. The van der Waals surface area contributed by atoms with E-state index in [2.05, 4.69) is 10.6 Å². The highest BCUT2D eigenvalue weighted by atomic mass is 32.2. The Morgan fingerprint density at radius 3 is 1.17 bits per heavy atom. The molecule has 0 aliphatic carbocycles. The maximum absolute atomic E-state index is 12.4. The Morgan fingerprint density at radius 1 is 0.488 bits per heavy atom. The first kappa shape index (κ1) is 29.7. The maximum atomic E-state index is 12.4. The molecule has 4 rings (SSSR count). The lowest BCUT2D eigenvalue weighted by Crippen LogP contribution is -2.17. The summed E-state index contributed by atoms with van der Waals surface area (Å²) in [6.45, 7) is 0. The number of hydrogen-bond acceptors (Lipinski definition) is 6. The van der Waals surface area contributed by atoms with Crippen molar-refractivity contribution in [2.75, 3.05) is 22.1 Å². The molecule has 0 unspecified atom stereocenters. The van der Waals surface area contributed by atoms with Crippen molar-refractivity contribution < 1.29 is 26.4 Å². The minimum absolute atomic E-state index is 0.148. The fourth-order valence-electron chi connectivity index (χ4n) is 4.04. The molecule has 4 aromatic carbocycles. The van der Waals surface area contributed by atoms with Crippen molar-refractivity contribution in [2.24, 2.45) is 0 Å². The number of benzene rings is 4. The molecule has 10 heteroatoms. The smallest absolute Gasteiger partial charge is 0.225 e. The van der Waals surface area contributed by atoms with Gasteiger partial charge in [0.2, 0.25) is 11.8 Å². The van der Waals surface area contributed by atoms with Gasteiger partial charge in [0.25, 0.3) is 0 Å². The van der Waals surface area contributed by atoms with E-state index in [1.165, 1.54) is 24.3 Å². The van der Waals surface area contributed by atoms with E-state index in [-0.39, 0.29) is 46.0 Å². The normalized spacial score (nSPS) is 11.5. The van der Waals surface area contributed by atoms with Crippen LogP contribution >= 0.6 is 0 Å². The van der Waals surface area contributed by atoms with E-state index in [1.807, 2.05) is 24.3 Å². The minimum Gasteiger partial charge on any atom is -0.326 e. The Labute approximate surface area is 240 Å². The van der Waals surface area contributed by atoms with Gasteiger partial charge in [-0.2, -0.15) is 0 Å². The Bertz CT molecular complexity index is 1560. The van der Waals surface area contributed by atoms with Gasteiger partial charge in [0.05, 0.1) is 21.3 Å². The van der Waals surface area contributed by atoms with E-state index in [9.17, 15) is 26.4 Å². The molecule has 2 amide bonds. The van der Waals surface area contributed by atoms with Crippen molar-refractivity contribution in [3.63, 3.8) is 0 Å². The lowest BCUT2D eigenvalue weighted by atomic mass is 10.0. The van der Waals surface area contributed by atoms with Crippen LogP contribution in [0.25, 0.3) is 0 Å². The van der Waals surface area contributed by atoms with E-state index in [1.54, 1.807) is 60.7 Å². The van der Waals surface area contributed by atoms with Gasteiger partial charge in [-0.15, -0.1) is 0 Å².